The second kappa shape index (κ2) is 11.9. The fourth-order valence-electron chi connectivity index (χ4n) is 2.55. The molecule has 0 radical (unpaired) electrons. The molecule has 142 valence electrons. The van der Waals surface area contributed by atoms with Crippen molar-refractivity contribution in [2.45, 2.75) is 19.0 Å². The molecular formula is C20H28FIN4. The van der Waals surface area contributed by atoms with Crippen LogP contribution in [0.25, 0.3) is 0 Å². The van der Waals surface area contributed by atoms with Crippen molar-refractivity contribution in [2.75, 3.05) is 27.7 Å². The van der Waals surface area contributed by atoms with Crippen molar-refractivity contribution < 1.29 is 4.39 Å². The second-order valence-corrected chi connectivity index (χ2v) is 6.24. The van der Waals surface area contributed by atoms with Crippen LogP contribution in [0.3, 0.4) is 0 Å². The van der Waals surface area contributed by atoms with E-state index in [-0.39, 0.29) is 29.8 Å². The largest absolute Gasteiger partial charge is 0.355 e. The fourth-order valence-corrected chi connectivity index (χ4v) is 2.55. The highest BCUT2D eigenvalue weighted by atomic mass is 127. The van der Waals surface area contributed by atoms with E-state index in [1.807, 2.05) is 6.07 Å². The number of aliphatic imine (C=N–C) groups is 1. The summed E-state index contributed by atoms with van der Waals surface area (Å²) in [5.41, 5.74) is 2.33. The lowest BCUT2D eigenvalue weighted by molar-refractivity contribution is 0.290. The Labute approximate surface area is 172 Å². The molecule has 0 aromatic heterocycles. The molecule has 0 fully saturated rings. The molecule has 0 aliphatic rings. The van der Waals surface area contributed by atoms with Gasteiger partial charge >= 0.3 is 0 Å². The minimum atomic E-state index is -0.221. The van der Waals surface area contributed by atoms with E-state index in [0.717, 1.165) is 24.5 Å². The summed E-state index contributed by atoms with van der Waals surface area (Å²) in [6.45, 7) is 1.39. The average molecular weight is 470 g/mol. The van der Waals surface area contributed by atoms with Crippen molar-refractivity contribution in [1.29, 1.82) is 0 Å². The Bertz CT molecular complexity index is 659. The van der Waals surface area contributed by atoms with Gasteiger partial charge in [-0.15, -0.1) is 24.0 Å². The molecular weight excluding hydrogens is 442 g/mol. The summed E-state index contributed by atoms with van der Waals surface area (Å²) in [6, 6.07) is 17.3. The first-order chi connectivity index (χ1) is 12.1. The van der Waals surface area contributed by atoms with E-state index in [2.05, 4.69) is 58.9 Å². The van der Waals surface area contributed by atoms with Gasteiger partial charge in [0.25, 0.3) is 0 Å². The molecule has 0 heterocycles. The Hall–Kier alpha value is -1.67. The number of rotatable bonds is 7. The lowest BCUT2D eigenvalue weighted by atomic mass is 10.1. The molecule has 0 amide bonds. The predicted molar refractivity (Wildman–Crippen MR) is 118 cm³/mol. The molecule has 0 aliphatic heterocycles. The van der Waals surface area contributed by atoms with Crippen LogP contribution < -0.4 is 10.6 Å². The van der Waals surface area contributed by atoms with Gasteiger partial charge in [-0.05, 0) is 43.8 Å². The highest BCUT2D eigenvalue weighted by Crippen LogP contribution is 2.06. The number of nitrogens with one attached hydrogen (secondary N) is 2. The van der Waals surface area contributed by atoms with E-state index >= 15 is 0 Å². The smallest absolute Gasteiger partial charge is 0.191 e. The first-order valence-electron chi connectivity index (χ1n) is 8.48. The van der Waals surface area contributed by atoms with Crippen molar-refractivity contribution in [1.82, 2.24) is 15.5 Å². The third kappa shape index (κ3) is 7.70. The van der Waals surface area contributed by atoms with Crippen molar-refractivity contribution in [2.24, 2.45) is 4.99 Å². The Morgan fingerprint density at radius 3 is 2.23 bits per heavy atom. The summed E-state index contributed by atoms with van der Waals surface area (Å²) in [4.78, 5) is 6.48. The van der Waals surface area contributed by atoms with Gasteiger partial charge in [-0.3, -0.25) is 4.99 Å². The third-order valence-corrected chi connectivity index (χ3v) is 4.15. The maximum Gasteiger partial charge on any atom is 0.191 e. The van der Waals surface area contributed by atoms with E-state index in [0.29, 0.717) is 12.6 Å². The van der Waals surface area contributed by atoms with Crippen molar-refractivity contribution in [3.05, 3.63) is 71.5 Å². The number of hydrogen-bond donors (Lipinski definition) is 2. The molecule has 1 atom stereocenters. The number of likely N-dealkylation sites (N-methyl/N-ethyl adjacent to an activating group) is 1. The SMILES string of the molecule is CN=C(NCc1ccc(F)cc1)NCC(Cc1ccccc1)N(C)C.I. The Morgan fingerprint density at radius 2 is 1.65 bits per heavy atom. The summed E-state index contributed by atoms with van der Waals surface area (Å²) in [5, 5.41) is 6.64. The average Bonchev–Trinajstić information content (AvgIpc) is 2.63. The maximum atomic E-state index is 13.0. The van der Waals surface area contributed by atoms with Gasteiger partial charge in [0.2, 0.25) is 0 Å². The quantitative estimate of drug-likeness (QED) is 0.371. The monoisotopic (exact) mass is 470 g/mol. The molecule has 0 saturated heterocycles. The van der Waals surface area contributed by atoms with Gasteiger partial charge < -0.3 is 15.5 Å². The van der Waals surface area contributed by atoms with Gasteiger partial charge in [-0.1, -0.05) is 42.5 Å². The zero-order valence-corrected chi connectivity index (χ0v) is 17.9. The van der Waals surface area contributed by atoms with E-state index in [1.54, 1.807) is 19.2 Å². The number of guanidine groups is 1. The summed E-state index contributed by atoms with van der Waals surface area (Å²) in [7, 11) is 5.93. The highest BCUT2D eigenvalue weighted by Gasteiger charge is 2.13. The van der Waals surface area contributed by atoms with Gasteiger partial charge in [-0.2, -0.15) is 0 Å². The van der Waals surface area contributed by atoms with Crippen LogP contribution in [0.1, 0.15) is 11.1 Å². The molecule has 2 aromatic carbocycles. The molecule has 4 nitrogen and oxygen atoms in total. The predicted octanol–water partition coefficient (Wildman–Crippen LogP) is 3.28. The number of hydrogen-bond acceptors (Lipinski definition) is 2. The van der Waals surface area contributed by atoms with Gasteiger partial charge in [-0.25, -0.2) is 4.39 Å². The van der Waals surface area contributed by atoms with Crippen LogP contribution in [0.2, 0.25) is 0 Å². The van der Waals surface area contributed by atoms with Crippen molar-refractivity contribution in [3.63, 3.8) is 0 Å². The Morgan fingerprint density at radius 1 is 1.00 bits per heavy atom. The topological polar surface area (TPSA) is 39.7 Å². The van der Waals surface area contributed by atoms with E-state index < -0.39 is 0 Å². The Kier molecular flexibility index (Phi) is 10.2. The van der Waals surface area contributed by atoms with Gasteiger partial charge in [0.15, 0.2) is 5.96 Å². The van der Waals surface area contributed by atoms with E-state index in [9.17, 15) is 4.39 Å². The molecule has 0 bridgehead atoms. The third-order valence-electron chi connectivity index (χ3n) is 4.15. The lowest BCUT2D eigenvalue weighted by Gasteiger charge is -2.25. The minimum Gasteiger partial charge on any atom is -0.355 e. The molecule has 0 spiro atoms. The number of nitrogens with zero attached hydrogens (tertiary/aromatic N) is 2. The molecule has 0 saturated carbocycles. The van der Waals surface area contributed by atoms with Crippen molar-refractivity contribution in [3.8, 4) is 0 Å². The van der Waals surface area contributed by atoms with Gasteiger partial charge in [0, 0.05) is 26.2 Å². The molecule has 0 aliphatic carbocycles. The van der Waals surface area contributed by atoms with Crippen LogP contribution in [0.5, 0.6) is 0 Å². The van der Waals surface area contributed by atoms with Crippen LogP contribution in [-0.4, -0.2) is 44.6 Å². The van der Waals surface area contributed by atoms with E-state index in [4.69, 9.17) is 0 Å². The standard InChI is InChI=1S/C20H27FN4.HI/c1-22-20(23-14-17-9-11-18(21)12-10-17)24-15-19(25(2)3)13-16-7-5-4-6-8-16;/h4-12,19H,13-15H2,1-3H3,(H2,22,23,24);1H. The highest BCUT2D eigenvalue weighted by molar-refractivity contribution is 14.0. The fraction of sp³-hybridized carbons (Fsp3) is 0.350. The molecule has 6 heteroatoms. The first-order valence-corrected chi connectivity index (χ1v) is 8.48. The Balaban J connectivity index is 0.00000338. The zero-order chi connectivity index (χ0) is 18.1. The zero-order valence-electron chi connectivity index (χ0n) is 15.6. The second-order valence-electron chi connectivity index (χ2n) is 6.24. The van der Waals surface area contributed by atoms with Crippen LogP contribution in [0.15, 0.2) is 59.6 Å². The van der Waals surface area contributed by atoms with Crippen LogP contribution in [-0.2, 0) is 13.0 Å². The van der Waals surface area contributed by atoms with Crippen LogP contribution >= 0.6 is 24.0 Å². The normalized spacial score (nSPS) is 12.4. The van der Waals surface area contributed by atoms with Gasteiger partial charge in [0.1, 0.15) is 5.82 Å². The molecule has 2 rings (SSSR count). The van der Waals surface area contributed by atoms with Gasteiger partial charge in [0.05, 0.1) is 0 Å². The summed E-state index contributed by atoms with van der Waals surface area (Å²) in [6.07, 6.45) is 0.968. The number of halogens is 2. The summed E-state index contributed by atoms with van der Waals surface area (Å²) in [5.74, 6) is 0.519. The number of benzene rings is 2. The van der Waals surface area contributed by atoms with Crippen molar-refractivity contribution >= 4 is 29.9 Å². The van der Waals surface area contributed by atoms with Crippen LogP contribution in [0.4, 0.5) is 4.39 Å². The van der Waals surface area contributed by atoms with E-state index in [1.165, 1.54) is 17.7 Å². The minimum absolute atomic E-state index is 0. The lowest BCUT2D eigenvalue weighted by Crippen LogP contribution is -2.45. The maximum absolute atomic E-state index is 13.0. The van der Waals surface area contributed by atoms with Crippen LogP contribution in [0, 0.1) is 5.82 Å². The molecule has 1 unspecified atom stereocenters. The summed E-state index contributed by atoms with van der Waals surface area (Å²) >= 11 is 0. The molecule has 26 heavy (non-hydrogen) atoms. The molecule has 2 N–H and O–H groups in total. The molecule has 2 aromatic rings. The first kappa shape index (κ1) is 22.4. The summed E-state index contributed by atoms with van der Waals surface area (Å²) < 4.78 is 13.0.